The van der Waals surface area contributed by atoms with Crippen molar-refractivity contribution in [3.8, 4) is 0 Å². The van der Waals surface area contributed by atoms with Crippen molar-refractivity contribution in [3.05, 3.63) is 12.4 Å². The van der Waals surface area contributed by atoms with Gasteiger partial charge in [0, 0.05) is 19.2 Å². The highest BCUT2D eigenvalue weighted by Gasteiger charge is 2.41. The van der Waals surface area contributed by atoms with Gasteiger partial charge in [0.2, 0.25) is 0 Å². The third-order valence-corrected chi connectivity index (χ3v) is 3.53. The molecule has 92 valence electrons. The second-order valence-corrected chi connectivity index (χ2v) is 4.88. The maximum absolute atomic E-state index is 11.0. The van der Waals surface area contributed by atoms with Crippen LogP contribution in [0.1, 0.15) is 6.42 Å². The second-order valence-electron chi connectivity index (χ2n) is 4.05. The molecular formula is C10H14N4O2S. The molecule has 0 amide bonds. The van der Waals surface area contributed by atoms with Gasteiger partial charge >= 0.3 is 5.97 Å². The first-order chi connectivity index (χ1) is 8.05. The van der Waals surface area contributed by atoms with Crippen LogP contribution < -0.4 is 10.6 Å². The minimum Gasteiger partial charge on any atom is -0.480 e. The Balaban J connectivity index is 2.17. The summed E-state index contributed by atoms with van der Waals surface area (Å²) in [6.45, 7) is 0.890. The van der Waals surface area contributed by atoms with E-state index in [1.165, 1.54) is 18.1 Å². The van der Waals surface area contributed by atoms with Crippen molar-refractivity contribution < 1.29 is 9.90 Å². The van der Waals surface area contributed by atoms with Gasteiger partial charge in [0.15, 0.2) is 0 Å². The Hall–Kier alpha value is -1.34. The summed E-state index contributed by atoms with van der Waals surface area (Å²) >= 11 is 1.52. The van der Waals surface area contributed by atoms with Crippen LogP contribution in [0.3, 0.4) is 0 Å². The molecule has 0 aliphatic carbocycles. The topological polar surface area (TPSA) is 92.3 Å². The van der Waals surface area contributed by atoms with E-state index in [-0.39, 0.29) is 6.54 Å². The molecule has 1 fully saturated rings. The lowest BCUT2D eigenvalue weighted by atomic mass is 10.0. The molecule has 3 N–H and O–H groups in total. The van der Waals surface area contributed by atoms with Gasteiger partial charge in [-0.15, -0.1) is 11.8 Å². The van der Waals surface area contributed by atoms with Gasteiger partial charge < -0.3 is 15.7 Å². The van der Waals surface area contributed by atoms with Crippen LogP contribution in [0.25, 0.3) is 0 Å². The molecule has 7 heteroatoms. The molecule has 1 aromatic rings. The summed E-state index contributed by atoms with van der Waals surface area (Å²) in [4.78, 5) is 21.1. The molecule has 0 aromatic carbocycles. The first kappa shape index (κ1) is 12.1. The predicted octanol–water partition coefficient (Wildman–Crippen LogP) is 0.191. The molecule has 0 radical (unpaired) electrons. The van der Waals surface area contributed by atoms with Crippen LogP contribution >= 0.6 is 11.8 Å². The average Bonchev–Trinajstić information content (AvgIpc) is 2.74. The maximum atomic E-state index is 11.0. The Morgan fingerprint density at radius 2 is 2.41 bits per heavy atom. The maximum Gasteiger partial charge on any atom is 0.325 e. The van der Waals surface area contributed by atoms with Crippen LogP contribution in [0.4, 0.5) is 5.82 Å². The third-order valence-electron chi connectivity index (χ3n) is 2.89. The lowest BCUT2D eigenvalue weighted by Crippen LogP contribution is -2.50. The Morgan fingerprint density at radius 3 is 3.00 bits per heavy atom. The second kappa shape index (κ2) is 4.50. The molecule has 1 atom stereocenters. The molecule has 17 heavy (non-hydrogen) atoms. The summed E-state index contributed by atoms with van der Waals surface area (Å²) < 4.78 is 0. The molecule has 1 aliphatic rings. The molecule has 0 spiro atoms. The van der Waals surface area contributed by atoms with Crippen molar-refractivity contribution >= 4 is 23.5 Å². The molecule has 2 rings (SSSR count). The first-order valence-electron chi connectivity index (χ1n) is 5.18. The minimum absolute atomic E-state index is 0.285. The zero-order valence-electron chi connectivity index (χ0n) is 9.46. The van der Waals surface area contributed by atoms with Gasteiger partial charge in [0.05, 0.1) is 0 Å². The van der Waals surface area contributed by atoms with Crippen molar-refractivity contribution in [2.45, 2.75) is 17.0 Å². The van der Waals surface area contributed by atoms with Crippen LogP contribution in [0.15, 0.2) is 17.4 Å². The molecule has 1 unspecified atom stereocenters. The Bertz CT molecular complexity index is 442. The number of thioether (sulfide) groups is 1. The summed E-state index contributed by atoms with van der Waals surface area (Å²) in [5, 5.41) is 9.91. The van der Waals surface area contributed by atoms with E-state index in [1.54, 1.807) is 0 Å². The van der Waals surface area contributed by atoms with Crippen LogP contribution in [-0.4, -0.2) is 45.9 Å². The first-order valence-corrected chi connectivity index (χ1v) is 6.41. The zero-order chi connectivity index (χ0) is 12.5. The van der Waals surface area contributed by atoms with Gasteiger partial charge in [-0.05, 0) is 12.7 Å². The van der Waals surface area contributed by atoms with E-state index in [9.17, 15) is 4.79 Å². The monoisotopic (exact) mass is 254 g/mol. The van der Waals surface area contributed by atoms with Gasteiger partial charge in [-0.2, -0.15) is 0 Å². The van der Waals surface area contributed by atoms with Gasteiger partial charge in [-0.3, -0.25) is 4.79 Å². The summed E-state index contributed by atoms with van der Waals surface area (Å²) in [5.41, 5.74) is 4.65. The zero-order valence-corrected chi connectivity index (χ0v) is 10.3. The lowest BCUT2D eigenvalue weighted by molar-refractivity contribution is -0.142. The van der Waals surface area contributed by atoms with E-state index in [1.807, 2.05) is 17.2 Å². The number of nitrogens with two attached hydrogens (primary N) is 1. The number of carbonyl (C=O) groups is 1. The summed E-state index contributed by atoms with van der Waals surface area (Å²) in [5.74, 6) is -0.225. The molecule has 2 heterocycles. The Morgan fingerprint density at radius 1 is 1.65 bits per heavy atom. The molecular weight excluding hydrogens is 240 g/mol. The van der Waals surface area contributed by atoms with Gasteiger partial charge in [-0.25, -0.2) is 9.97 Å². The van der Waals surface area contributed by atoms with Crippen LogP contribution in [0, 0.1) is 0 Å². The molecule has 6 nitrogen and oxygen atoms in total. The number of aromatic nitrogens is 2. The number of anilines is 1. The number of rotatable bonds is 3. The number of hydrogen-bond donors (Lipinski definition) is 2. The highest BCUT2D eigenvalue weighted by molar-refractivity contribution is 7.98. The number of carboxylic acids is 1. The van der Waals surface area contributed by atoms with Crippen molar-refractivity contribution in [2.24, 2.45) is 5.73 Å². The smallest absolute Gasteiger partial charge is 0.325 e. The highest BCUT2D eigenvalue weighted by atomic mass is 32.2. The predicted molar refractivity (Wildman–Crippen MR) is 65.2 cm³/mol. The normalized spacial score (nSPS) is 24.0. The summed E-state index contributed by atoms with van der Waals surface area (Å²) in [6.07, 6.45) is 3.85. The van der Waals surface area contributed by atoms with E-state index < -0.39 is 11.5 Å². The van der Waals surface area contributed by atoms with Gasteiger partial charge in [-0.1, -0.05) is 0 Å². The summed E-state index contributed by atoms with van der Waals surface area (Å²) in [6, 6.07) is 1.85. The Kier molecular flexibility index (Phi) is 3.21. The van der Waals surface area contributed by atoms with Crippen LogP contribution in [-0.2, 0) is 4.79 Å². The fourth-order valence-corrected chi connectivity index (χ4v) is 2.19. The number of hydrogen-bond acceptors (Lipinski definition) is 6. The fourth-order valence-electron chi connectivity index (χ4n) is 1.82. The summed E-state index contributed by atoms with van der Waals surface area (Å²) in [7, 11) is 0. The quantitative estimate of drug-likeness (QED) is 0.587. The Labute approximate surface area is 103 Å². The SMILES string of the molecule is CSc1cc(N2CCC(N)(C(=O)O)C2)ncn1. The average molecular weight is 254 g/mol. The number of carboxylic acid groups (broad SMARTS) is 1. The largest absolute Gasteiger partial charge is 0.480 e. The van der Waals surface area contributed by atoms with Crippen molar-refractivity contribution in [1.29, 1.82) is 0 Å². The minimum atomic E-state index is -1.16. The van der Waals surface area contributed by atoms with Gasteiger partial charge in [0.1, 0.15) is 22.7 Å². The van der Waals surface area contributed by atoms with Crippen molar-refractivity contribution in [2.75, 3.05) is 24.2 Å². The molecule has 0 bridgehead atoms. The van der Waals surface area contributed by atoms with Crippen molar-refractivity contribution in [3.63, 3.8) is 0 Å². The molecule has 1 aromatic heterocycles. The molecule has 0 saturated carbocycles. The highest BCUT2D eigenvalue weighted by Crippen LogP contribution is 2.25. The number of aliphatic carboxylic acids is 1. The number of nitrogens with zero attached hydrogens (tertiary/aromatic N) is 3. The van der Waals surface area contributed by atoms with Crippen LogP contribution in [0.5, 0.6) is 0 Å². The van der Waals surface area contributed by atoms with Crippen LogP contribution in [0.2, 0.25) is 0 Å². The molecule has 1 aliphatic heterocycles. The van der Waals surface area contributed by atoms with E-state index in [4.69, 9.17) is 10.8 Å². The van der Waals surface area contributed by atoms with Crippen molar-refractivity contribution in [1.82, 2.24) is 9.97 Å². The third kappa shape index (κ3) is 2.34. The fraction of sp³-hybridized carbons (Fsp3) is 0.500. The lowest BCUT2D eigenvalue weighted by Gasteiger charge is -2.20. The van der Waals surface area contributed by atoms with E-state index in [2.05, 4.69) is 9.97 Å². The van der Waals surface area contributed by atoms with E-state index in [0.29, 0.717) is 13.0 Å². The van der Waals surface area contributed by atoms with Gasteiger partial charge in [0.25, 0.3) is 0 Å². The standard InChI is InChI=1S/C10H14N4O2S/c1-17-8-4-7(12-6-13-8)14-3-2-10(11,5-14)9(15)16/h4,6H,2-3,5,11H2,1H3,(H,15,16). The molecule has 1 saturated heterocycles. The van der Waals surface area contributed by atoms with E-state index in [0.717, 1.165) is 10.8 Å². The van der Waals surface area contributed by atoms with E-state index >= 15 is 0 Å².